The normalized spacial score (nSPS) is 12.2. The fourth-order valence-corrected chi connectivity index (χ4v) is 3.51. The fourth-order valence-electron chi connectivity index (χ4n) is 3.01. The van der Waals surface area contributed by atoms with Gasteiger partial charge in [-0.3, -0.25) is 0 Å². The first kappa shape index (κ1) is 29.0. The topological polar surface area (TPSA) is 66.0 Å². The van der Waals surface area contributed by atoms with Gasteiger partial charge in [-0.15, -0.1) is 0 Å². The van der Waals surface area contributed by atoms with Gasteiger partial charge in [0.15, 0.2) is 0 Å². The number of alkyl halides is 6. The van der Waals surface area contributed by atoms with Crippen LogP contribution in [0.5, 0.6) is 0 Å². The molecule has 0 bridgehead atoms. The average molecular weight is 618 g/mol. The van der Waals surface area contributed by atoms with Crippen molar-refractivity contribution >= 4 is 62.8 Å². The van der Waals surface area contributed by atoms with Crippen molar-refractivity contribution in [3.05, 3.63) is 104 Å². The number of carboxylic acids is 1. The zero-order valence-corrected chi connectivity index (χ0v) is 21.3. The van der Waals surface area contributed by atoms with E-state index in [2.05, 4.69) is 25.9 Å². The number of nitrogens with zero attached hydrogens (tertiary/aromatic N) is 1. The Bertz CT molecular complexity index is 1440. The summed E-state index contributed by atoms with van der Waals surface area (Å²) in [5, 5.41) is 8.86. The summed E-state index contributed by atoms with van der Waals surface area (Å²) >= 11 is 9.35. The molecule has 0 fully saturated rings. The van der Waals surface area contributed by atoms with Gasteiger partial charge in [-0.25, -0.2) is 9.78 Å². The smallest absolute Gasteiger partial charge is 0.416 e. The standard InChI is InChI=1S/C16H9BrClF3N2.C10H7F3O2/c17-11-7-13-14(8-12(11)18)23-15(22-13)6-3-9-1-4-10(5-2-9)16(19,20)21;11-10(12,13)8-4-1-7(2-5-8)3-6-9(14)15/h1-8H,(H,22,23);1-6H,(H,14,15)/b6-3+;. The summed E-state index contributed by atoms with van der Waals surface area (Å²) in [6, 6.07) is 12.7. The van der Waals surface area contributed by atoms with Gasteiger partial charge in [-0.05, 0) is 75.6 Å². The van der Waals surface area contributed by atoms with Gasteiger partial charge in [0.1, 0.15) is 5.82 Å². The molecule has 4 rings (SSSR count). The lowest BCUT2D eigenvalue weighted by atomic mass is 10.1. The number of aromatic amines is 1. The quantitative estimate of drug-likeness (QED) is 0.177. The summed E-state index contributed by atoms with van der Waals surface area (Å²) < 4.78 is 74.6. The van der Waals surface area contributed by atoms with E-state index in [1.165, 1.54) is 30.3 Å². The number of aliphatic carboxylic acids is 1. The lowest BCUT2D eigenvalue weighted by Gasteiger charge is -2.05. The van der Waals surface area contributed by atoms with Crippen molar-refractivity contribution in [3.63, 3.8) is 0 Å². The van der Waals surface area contributed by atoms with Crippen LogP contribution < -0.4 is 0 Å². The maximum Gasteiger partial charge on any atom is 0.416 e. The maximum absolute atomic E-state index is 12.5. The molecule has 3 aromatic carbocycles. The van der Waals surface area contributed by atoms with E-state index < -0.39 is 29.4 Å². The zero-order chi connectivity index (χ0) is 28.1. The number of halogens is 8. The number of nitrogens with one attached hydrogen (secondary N) is 1. The summed E-state index contributed by atoms with van der Waals surface area (Å²) in [5.41, 5.74) is 1.16. The number of aromatic nitrogens is 2. The van der Waals surface area contributed by atoms with E-state index in [1.54, 1.807) is 24.3 Å². The highest BCUT2D eigenvalue weighted by Gasteiger charge is 2.30. The molecule has 0 spiro atoms. The van der Waals surface area contributed by atoms with E-state index in [0.29, 0.717) is 22.0 Å². The molecule has 0 atom stereocenters. The number of imidazole rings is 1. The third-order valence-electron chi connectivity index (χ3n) is 4.87. The maximum atomic E-state index is 12.5. The molecule has 4 nitrogen and oxygen atoms in total. The summed E-state index contributed by atoms with van der Waals surface area (Å²) in [6.07, 6.45) is -3.22. The zero-order valence-electron chi connectivity index (χ0n) is 18.9. The SMILES string of the molecule is FC(F)(F)c1ccc(/C=C/c2nc3cc(Br)c(Cl)cc3[nH]2)cc1.O=C(O)C=Cc1ccc(C(F)(F)F)cc1. The molecule has 0 aliphatic heterocycles. The molecule has 4 aromatic rings. The van der Waals surface area contributed by atoms with Gasteiger partial charge in [-0.2, -0.15) is 26.3 Å². The Morgan fingerprint density at radius 1 is 0.842 bits per heavy atom. The van der Waals surface area contributed by atoms with Crippen molar-refractivity contribution < 1.29 is 36.2 Å². The van der Waals surface area contributed by atoms with Crippen molar-refractivity contribution in [2.75, 3.05) is 0 Å². The molecule has 0 aliphatic rings. The average Bonchev–Trinajstić information content (AvgIpc) is 3.23. The van der Waals surface area contributed by atoms with Gasteiger partial charge in [0.25, 0.3) is 0 Å². The van der Waals surface area contributed by atoms with E-state index in [9.17, 15) is 31.1 Å². The third-order valence-corrected chi connectivity index (χ3v) is 6.07. The minimum absolute atomic E-state index is 0.408. The van der Waals surface area contributed by atoms with Crippen LogP contribution >= 0.6 is 27.5 Å². The largest absolute Gasteiger partial charge is 0.478 e. The second-order valence-electron chi connectivity index (χ2n) is 7.65. The van der Waals surface area contributed by atoms with Gasteiger partial charge in [0.2, 0.25) is 0 Å². The van der Waals surface area contributed by atoms with Gasteiger partial charge >= 0.3 is 18.3 Å². The summed E-state index contributed by atoms with van der Waals surface area (Å²) in [5.74, 6) is -0.552. The lowest BCUT2D eigenvalue weighted by Crippen LogP contribution is -2.03. The van der Waals surface area contributed by atoms with Crippen LogP contribution in [-0.2, 0) is 17.1 Å². The van der Waals surface area contributed by atoms with E-state index in [0.717, 1.165) is 45.8 Å². The van der Waals surface area contributed by atoms with Crippen LogP contribution in [0.3, 0.4) is 0 Å². The monoisotopic (exact) mass is 616 g/mol. The molecular weight excluding hydrogens is 602 g/mol. The summed E-state index contributed by atoms with van der Waals surface area (Å²) in [6.45, 7) is 0. The number of H-pyrrole nitrogens is 1. The first-order chi connectivity index (χ1) is 17.7. The van der Waals surface area contributed by atoms with Crippen molar-refractivity contribution in [3.8, 4) is 0 Å². The molecule has 198 valence electrons. The lowest BCUT2D eigenvalue weighted by molar-refractivity contribution is -0.138. The molecule has 0 saturated carbocycles. The number of rotatable bonds is 4. The molecule has 1 heterocycles. The van der Waals surface area contributed by atoms with E-state index in [-0.39, 0.29) is 0 Å². The second kappa shape index (κ2) is 11.9. The first-order valence-corrected chi connectivity index (χ1v) is 11.7. The van der Waals surface area contributed by atoms with E-state index >= 15 is 0 Å². The second-order valence-corrected chi connectivity index (χ2v) is 8.91. The number of fused-ring (bicyclic) bond motifs is 1. The predicted octanol–water partition coefficient (Wildman–Crippen LogP) is 8.97. The van der Waals surface area contributed by atoms with E-state index in [1.807, 2.05) is 0 Å². The third kappa shape index (κ3) is 8.22. The first-order valence-electron chi connectivity index (χ1n) is 10.5. The molecule has 12 heteroatoms. The highest BCUT2D eigenvalue weighted by molar-refractivity contribution is 9.10. The summed E-state index contributed by atoms with van der Waals surface area (Å²) in [7, 11) is 0. The van der Waals surface area contributed by atoms with Crippen molar-refractivity contribution in [1.82, 2.24) is 9.97 Å². The Morgan fingerprint density at radius 2 is 1.34 bits per heavy atom. The predicted molar refractivity (Wildman–Crippen MR) is 137 cm³/mol. The van der Waals surface area contributed by atoms with Crippen molar-refractivity contribution in [2.24, 2.45) is 0 Å². The summed E-state index contributed by atoms with van der Waals surface area (Å²) in [4.78, 5) is 17.6. The molecule has 38 heavy (non-hydrogen) atoms. The van der Waals surface area contributed by atoms with Crippen LogP contribution in [0.25, 0.3) is 29.3 Å². The Labute approximate surface area is 225 Å². The molecule has 0 radical (unpaired) electrons. The number of benzene rings is 3. The molecule has 0 saturated heterocycles. The molecule has 2 N–H and O–H groups in total. The van der Waals surface area contributed by atoms with Crippen LogP contribution in [0, 0.1) is 0 Å². The van der Waals surface area contributed by atoms with Gasteiger partial charge < -0.3 is 10.1 Å². The van der Waals surface area contributed by atoms with Crippen LogP contribution in [-0.4, -0.2) is 21.0 Å². The van der Waals surface area contributed by atoms with Crippen molar-refractivity contribution in [2.45, 2.75) is 12.4 Å². The number of carboxylic acid groups (broad SMARTS) is 1. The van der Waals surface area contributed by atoms with Crippen LogP contribution in [0.15, 0.2) is 71.2 Å². The molecule has 0 amide bonds. The number of carbonyl (C=O) groups is 1. The van der Waals surface area contributed by atoms with Gasteiger partial charge in [0.05, 0.1) is 27.2 Å². The van der Waals surface area contributed by atoms with Gasteiger partial charge in [-0.1, -0.05) is 41.9 Å². The number of hydrogen-bond acceptors (Lipinski definition) is 2. The molecule has 1 aromatic heterocycles. The van der Waals surface area contributed by atoms with E-state index in [4.69, 9.17) is 16.7 Å². The Kier molecular flexibility index (Phi) is 9.05. The Balaban J connectivity index is 0.000000232. The fraction of sp³-hybridized carbons (Fsp3) is 0.0769. The Hall–Kier alpha value is -3.57. The molecule has 0 aliphatic carbocycles. The minimum Gasteiger partial charge on any atom is -0.478 e. The Morgan fingerprint density at radius 3 is 1.82 bits per heavy atom. The van der Waals surface area contributed by atoms with Crippen LogP contribution in [0.1, 0.15) is 28.1 Å². The highest BCUT2D eigenvalue weighted by Crippen LogP contribution is 2.30. The van der Waals surface area contributed by atoms with Gasteiger partial charge in [0, 0.05) is 10.5 Å². The van der Waals surface area contributed by atoms with Crippen molar-refractivity contribution in [1.29, 1.82) is 0 Å². The highest BCUT2D eigenvalue weighted by atomic mass is 79.9. The minimum atomic E-state index is -4.37. The number of hydrogen-bond donors (Lipinski definition) is 2. The molecule has 0 unspecified atom stereocenters. The van der Waals surface area contributed by atoms with Crippen LogP contribution in [0.2, 0.25) is 5.02 Å². The van der Waals surface area contributed by atoms with Crippen LogP contribution in [0.4, 0.5) is 26.3 Å². The molecular formula is C26H16BrClF6N2O2.